The molecule has 0 radical (unpaired) electrons. The molecule has 2 nitrogen and oxygen atoms in total. The van der Waals surface area contributed by atoms with Gasteiger partial charge in [0.1, 0.15) is 0 Å². The van der Waals surface area contributed by atoms with Gasteiger partial charge in [-0.15, -0.1) is 0 Å². The monoisotopic (exact) mass is 198 g/mol. The van der Waals surface area contributed by atoms with Gasteiger partial charge in [-0.2, -0.15) is 0 Å². The normalized spacial score (nSPS) is 9.60. The highest BCUT2D eigenvalue weighted by atomic mass is 16.7. The lowest BCUT2D eigenvalue weighted by Crippen LogP contribution is -2.40. The van der Waals surface area contributed by atoms with Crippen LogP contribution in [-0.4, -0.2) is 0 Å². The van der Waals surface area contributed by atoms with Crippen LogP contribution in [0.25, 0.3) is 5.76 Å². The standard InChI is InChI=1S/C13H12NO/c1-12(13-8-4-2-5-9-13)15-14-10-6-3-7-11-14/h2-11H,1H2/q+1. The predicted molar refractivity (Wildman–Crippen MR) is 58.7 cm³/mol. The third-order valence-electron chi connectivity index (χ3n) is 2.00. The van der Waals surface area contributed by atoms with Crippen molar-refractivity contribution in [2.24, 2.45) is 0 Å². The molecule has 1 aromatic carbocycles. The van der Waals surface area contributed by atoms with Gasteiger partial charge in [-0.25, -0.2) is 4.84 Å². The Morgan fingerprint density at radius 3 is 2.20 bits per heavy atom. The number of nitrogens with zero attached hydrogens (tertiary/aromatic N) is 1. The molecule has 0 aliphatic carbocycles. The maximum atomic E-state index is 5.52. The molecule has 0 saturated heterocycles. The van der Waals surface area contributed by atoms with E-state index in [0.717, 1.165) is 5.56 Å². The van der Waals surface area contributed by atoms with Crippen LogP contribution in [0, 0.1) is 0 Å². The summed E-state index contributed by atoms with van der Waals surface area (Å²) in [7, 11) is 0. The Morgan fingerprint density at radius 2 is 1.53 bits per heavy atom. The van der Waals surface area contributed by atoms with Crippen molar-refractivity contribution in [3.63, 3.8) is 0 Å². The average molecular weight is 198 g/mol. The van der Waals surface area contributed by atoms with E-state index in [-0.39, 0.29) is 0 Å². The fraction of sp³-hybridized carbons (Fsp3) is 0. The first-order valence-electron chi connectivity index (χ1n) is 4.75. The summed E-state index contributed by atoms with van der Waals surface area (Å²) in [6, 6.07) is 15.5. The lowest BCUT2D eigenvalue weighted by atomic mass is 10.2. The minimum atomic E-state index is 0.631. The molecule has 0 unspecified atom stereocenters. The van der Waals surface area contributed by atoms with E-state index < -0.39 is 0 Å². The number of pyridine rings is 1. The SMILES string of the molecule is C=C(O[n+]1ccccc1)c1ccccc1. The van der Waals surface area contributed by atoms with Crippen LogP contribution in [0.4, 0.5) is 0 Å². The molecule has 1 heterocycles. The van der Waals surface area contributed by atoms with Crippen LogP contribution in [-0.2, 0) is 0 Å². The van der Waals surface area contributed by atoms with Gasteiger partial charge in [-0.05, 0) is 6.58 Å². The number of rotatable bonds is 3. The summed E-state index contributed by atoms with van der Waals surface area (Å²) >= 11 is 0. The Hall–Kier alpha value is -2.09. The smallest absolute Gasteiger partial charge is 0.223 e. The molecule has 74 valence electrons. The molecule has 2 aromatic rings. The summed E-state index contributed by atoms with van der Waals surface area (Å²) < 4.78 is 1.62. The summed E-state index contributed by atoms with van der Waals surface area (Å²) in [5, 5.41) is 0. The Morgan fingerprint density at radius 1 is 0.933 bits per heavy atom. The lowest BCUT2D eigenvalue weighted by Gasteiger charge is -2.00. The van der Waals surface area contributed by atoms with E-state index in [4.69, 9.17) is 4.84 Å². The molecule has 0 N–H and O–H groups in total. The zero-order chi connectivity index (χ0) is 10.5. The quantitative estimate of drug-likeness (QED) is 0.543. The van der Waals surface area contributed by atoms with Crippen LogP contribution in [0.1, 0.15) is 5.56 Å². The van der Waals surface area contributed by atoms with Crippen LogP contribution in [0.5, 0.6) is 0 Å². The molecule has 0 atom stereocenters. The van der Waals surface area contributed by atoms with Gasteiger partial charge in [0, 0.05) is 22.4 Å². The summed E-state index contributed by atoms with van der Waals surface area (Å²) in [5.74, 6) is 0.631. The van der Waals surface area contributed by atoms with Crippen LogP contribution in [0.2, 0.25) is 0 Å². The first-order valence-corrected chi connectivity index (χ1v) is 4.75. The van der Waals surface area contributed by atoms with Gasteiger partial charge >= 0.3 is 0 Å². The van der Waals surface area contributed by atoms with Crippen molar-refractivity contribution in [3.05, 3.63) is 73.1 Å². The van der Waals surface area contributed by atoms with Gasteiger partial charge in [0.15, 0.2) is 0 Å². The number of hydrogen-bond donors (Lipinski definition) is 0. The molecule has 0 aliphatic rings. The zero-order valence-corrected chi connectivity index (χ0v) is 8.34. The molecule has 0 saturated carbocycles. The van der Waals surface area contributed by atoms with Crippen LogP contribution >= 0.6 is 0 Å². The summed E-state index contributed by atoms with van der Waals surface area (Å²) in [4.78, 5) is 5.52. The fourth-order valence-corrected chi connectivity index (χ4v) is 1.25. The second-order valence-corrected chi connectivity index (χ2v) is 3.12. The van der Waals surface area contributed by atoms with E-state index in [2.05, 4.69) is 6.58 Å². The van der Waals surface area contributed by atoms with Gasteiger partial charge in [-0.3, -0.25) is 0 Å². The Bertz CT molecular complexity index is 437. The second kappa shape index (κ2) is 4.42. The molecular formula is C13H12NO+. The van der Waals surface area contributed by atoms with Crippen molar-refractivity contribution in [1.29, 1.82) is 0 Å². The first-order chi connectivity index (χ1) is 7.36. The molecule has 0 amide bonds. The molecule has 0 aliphatic heterocycles. The average Bonchev–Trinajstić information content (AvgIpc) is 2.31. The van der Waals surface area contributed by atoms with E-state index in [9.17, 15) is 0 Å². The zero-order valence-electron chi connectivity index (χ0n) is 8.34. The minimum absolute atomic E-state index is 0.631. The van der Waals surface area contributed by atoms with Gasteiger partial charge in [0.2, 0.25) is 18.2 Å². The van der Waals surface area contributed by atoms with Gasteiger partial charge in [0.05, 0.1) is 0 Å². The number of aromatic nitrogens is 1. The van der Waals surface area contributed by atoms with Gasteiger partial charge in [0.25, 0.3) is 0 Å². The van der Waals surface area contributed by atoms with Crippen molar-refractivity contribution < 1.29 is 9.57 Å². The van der Waals surface area contributed by atoms with E-state index in [1.807, 2.05) is 60.9 Å². The molecule has 0 spiro atoms. The first kappa shape index (κ1) is 9.46. The Balaban J connectivity index is 2.12. The predicted octanol–water partition coefficient (Wildman–Crippen LogP) is 2.07. The third kappa shape index (κ3) is 2.44. The molecule has 2 rings (SSSR count). The molecule has 1 aromatic heterocycles. The molecule has 0 bridgehead atoms. The van der Waals surface area contributed by atoms with Crippen molar-refractivity contribution >= 4 is 5.76 Å². The Kier molecular flexibility index (Phi) is 2.79. The van der Waals surface area contributed by atoms with Gasteiger partial charge < -0.3 is 0 Å². The van der Waals surface area contributed by atoms with Crippen molar-refractivity contribution in [2.75, 3.05) is 0 Å². The largest absolute Gasteiger partial charge is 0.232 e. The second-order valence-electron chi connectivity index (χ2n) is 3.12. The highest BCUT2D eigenvalue weighted by Gasteiger charge is 2.05. The summed E-state index contributed by atoms with van der Waals surface area (Å²) in [6.07, 6.45) is 3.66. The molecule has 2 heteroatoms. The van der Waals surface area contributed by atoms with Crippen molar-refractivity contribution in [1.82, 2.24) is 0 Å². The summed E-state index contributed by atoms with van der Waals surface area (Å²) in [6.45, 7) is 3.88. The molecule has 15 heavy (non-hydrogen) atoms. The molecular weight excluding hydrogens is 186 g/mol. The van der Waals surface area contributed by atoms with E-state index >= 15 is 0 Å². The van der Waals surface area contributed by atoms with Crippen LogP contribution in [0.15, 0.2) is 67.5 Å². The molecule has 0 fully saturated rings. The van der Waals surface area contributed by atoms with Gasteiger partial charge in [-0.1, -0.05) is 36.4 Å². The minimum Gasteiger partial charge on any atom is -0.232 e. The maximum absolute atomic E-state index is 5.52. The summed E-state index contributed by atoms with van der Waals surface area (Å²) in [5.41, 5.74) is 0.980. The fourth-order valence-electron chi connectivity index (χ4n) is 1.25. The number of hydrogen-bond acceptors (Lipinski definition) is 1. The van der Waals surface area contributed by atoms with Crippen LogP contribution in [0.3, 0.4) is 0 Å². The van der Waals surface area contributed by atoms with E-state index in [1.165, 1.54) is 0 Å². The van der Waals surface area contributed by atoms with Crippen molar-refractivity contribution in [2.45, 2.75) is 0 Å². The maximum Gasteiger partial charge on any atom is 0.223 e. The topological polar surface area (TPSA) is 13.1 Å². The Labute approximate surface area is 89.0 Å². The van der Waals surface area contributed by atoms with E-state index in [0.29, 0.717) is 5.76 Å². The third-order valence-corrected chi connectivity index (χ3v) is 2.00. The van der Waals surface area contributed by atoms with E-state index in [1.54, 1.807) is 4.73 Å². The highest BCUT2D eigenvalue weighted by Crippen LogP contribution is 2.07. The highest BCUT2D eigenvalue weighted by molar-refractivity contribution is 5.56. The van der Waals surface area contributed by atoms with Crippen molar-refractivity contribution in [3.8, 4) is 0 Å². The number of benzene rings is 1. The lowest BCUT2D eigenvalue weighted by molar-refractivity contribution is -0.871. The van der Waals surface area contributed by atoms with Crippen LogP contribution < -0.4 is 9.57 Å².